The molecule has 7 nitrogen and oxygen atoms in total. The molecular formula is C21H18N2O5S. The molecular weight excluding hydrogens is 392 g/mol. The van der Waals surface area contributed by atoms with Crippen LogP contribution in [0, 0.1) is 0 Å². The molecule has 0 atom stereocenters. The summed E-state index contributed by atoms with van der Waals surface area (Å²) in [6.07, 6.45) is 1.46. The number of benzene rings is 2. The van der Waals surface area contributed by atoms with Crippen molar-refractivity contribution in [3.05, 3.63) is 73.0 Å². The lowest BCUT2D eigenvalue weighted by Crippen LogP contribution is -2.05. The molecule has 0 unspecified atom stereocenters. The van der Waals surface area contributed by atoms with Gasteiger partial charge >= 0.3 is 0 Å². The van der Waals surface area contributed by atoms with E-state index >= 15 is 0 Å². The number of nitrogens with one attached hydrogen (secondary N) is 1. The fourth-order valence-electron chi connectivity index (χ4n) is 2.72. The molecule has 2 heterocycles. The summed E-state index contributed by atoms with van der Waals surface area (Å²) in [5.74, 6) is 1.11. The highest BCUT2D eigenvalue weighted by molar-refractivity contribution is 7.91. The Hall–Kier alpha value is -3.52. The molecule has 1 N–H and O–H groups in total. The Balaban J connectivity index is 1.76. The largest absolute Gasteiger partial charge is 0.494 e. The van der Waals surface area contributed by atoms with Gasteiger partial charge in [0.05, 0.1) is 17.8 Å². The standard InChI is InChI=1S/C21H18N2O5S/c1-2-26-16-12-10-15(11-13-16)22-20-21(23-19(28-20)18-9-6-14-27-18)29(24,25)17-7-4-3-5-8-17/h3-14,22H,2H2,1H3. The van der Waals surface area contributed by atoms with Gasteiger partial charge < -0.3 is 18.9 Å². The van der Waals surface area contributed by atoms with Crippen molar-refractivity contribution in [1.82, 2.24) is 4.98 Å². The van der Waals surface area contributed by atoms with Gasteiger partial charge in [-0.1, -0.05) is 18.2 Å². The zero-order valence-electron chi connectivity index (χ0n) is 15.5. The van der Waals surface area contributed by atoms with Crippen LogP contribution in [0.15, 0.2) is 91.7 Å². The summed E-state index contributed by atoms with van der Waals surface area (Å²) in [6, 6.07) is 18.5. The third-order valence-corrected chi connectivity index (χ3v) is 5.74. The van der Waals surface area contributed by atoms with E-state index < -0.39 is 9.84 Å². The van der Waals surface area contributed by atoms with Crippen molar-refractivity contribution < 1.29 is 22.0 Å². The summed E-state index contributed by atoms with van der Waals surface area (Å²) in [5.41, 5.74) is 0.625. The first-order valence-electron chi connectivity index (χ1n) is 8.92. The molecule has 0 saturated carbocycles. The molecule has 0 aliphatic rings. The maximum Gasteiger partial charge on any atom is 0.266 e. The summed E-state index contributed by atoms with van der Waals surface area (Å²) in [4.78, 5) is 4.33. The summed E-state index contributed by atoms with van der Waals surface area (Å²) in [6.45, 7) is 2.46. The quantitative estimate of drug-likeness (QED) is 0.462. The van der Waals surface area contributed by atoms with Crippen LogP contribution in [0.2, 0.25) is 0 Å². The van der Waals surface area contributed by atoms with Crippen LogP contribution in [0.3, 0.4) is 0 Å². The van der Waals surface area contributed by atoms with Crippen LogP contribution >= 0.6 is 0 Å². The number of hydrogen-bond acceptors (Lipinski definition) is 7. The van der Waals surface area contributed by atoms with E-state index in [1.54, 1.807) is 54.6 Å². The minimum Gasteiger partial charge on any atom is -0.494 e. The number of anilines is 2. The highest BCUT2D eigenvalue weighted by Gasteiger charge is 2.29. The molecule has 0 radical (unpaired) electrons. The van der Waals surface area contributed by atoms with Crippen molar-refractivity contribution in [1.29, 1.82) is 0 Å². The predicted molar refractivity (Wildman–Crippen MR) is 107 cm³/mol. The number of aromatic nitrogens is 1. The van der Waals surface area contributed by atoms with E-state index in [-0.39, 0.29) is 21.7 Å². The van der Waals surface area contributed by atoms with Gasteiger partial charge in [-0.15, -0.1) is 0 Å². The van der Waals surface area contributed by atoms with Crippen LogP contribution in [0.4, 0.5) is 11.6 Å². The highest BCUT2D eigenvalue weighted by Crippen LogP contribution is 2.34. The molecule has 2 aromatic carbocycles. The van der Waals surface area contributed by atoms with Crippen molar-refractivity contribution in [2.24, 2.45) is 0 Å². The van der Waals surface area contributed by atoms with Gasteiger partial charge in [-0.2, -0.15) is 4.98 Å². The normalized spacial score (nSPS) is 11.3. The fraction of sp³-hybridized carbons (Fsp3) is 0.0952. The van der Waals surface area contributed by atoms with Crippen LogP contribution in [0.25, 0.3) is 11.7 Å². The first-order chi connectivity index (χ1) is 14.1. The Morgan fingerprint density at radius 2 is 1.76 bits per heavy atom. The second-order valence-corrected chi connectivity index (χ2v) is 7.89. The highest BCUT2D eigenvalue weighted by atomic mass is 32.2. The number of oxazole rings is 1. The number of nitrogens with zero attached hydrogens (tertiary/aromatic N) is 1. The van der Waals surface area contributed by atoms with Gasteiger partial charge in [0.15, 0.2) is 5.76 Å². The maximum atomic E-state index is 13.2. The monoisotopic (exact) mass is 410 g/mol. The third-order valence-electron chi connectivity index (χ3n) is 4.06. The number of rotatable bonds is 7. The Morgan fingerprint density at radius 3 is 2.41 bits per heavy atom. The van der Waals surface area contributed by atoms with Gasteiger partial charge in [0.25, 0.3) is 5.89 Å². The molecule has 4 rings (SSSR count). The lowest BCUT2D eigenvalue weighted by Gasteiger charge is -2.07. The molecule has 2 aromatic heterocycles. The fourth-order valence-corrected chi connectivity index (χ4v) is 3.99. The van der Waals surface area contributed by atoms with E-state index in [9.17, 15) is 8.42 Å². The molecule has 0 bridgehead atoms. The zero-order chi connectivity index (χ0) is 20.3. The number of hydrogen-bond donors (Lipinski definition) is 1. The average molecular weight is 410 g/mol. The van der Waals surface area contributed by atoms with E-state index in [1.165, 1.54) is 18.4 Å². The van der Waals surface area contributed by atoms with Crippen molar-refractivity contribution in [3.8, 4) is 17.4 Å². The third kappa shape index (κ3) is 3.88. The Labute approximate surface area is 167 Å². The van der Waals surface area contributed by atoms with Crippen molar-refractivity contribution in [2.75, 3.05) is 11.9 Å². The molecule has 148 valence electrons. The van der Waals surface area contributed by atoms with Crippen molar-refractivity contribution in [3.63, 3.8) is 0 Å². The summed E-state index contributed by atoms with van der Waals surface area (Å²) < 4.78 is 42.8. The summed E-state index contributed by atoms with van der Waals surface area (Å²) in [7, 11) is -3.91. The van der Waals surface area contributed by atoms with Crippen molar-refractivity contribution in [2.45, 2.75) is 16.8 Å². The van der Waals surface area contributed by atoms with Gasteiger partial charge in [-0.3, -0.25) is 0 Å². The minimum absolute atomic E-state index is 0.00409. The second kappa shape index (κ2) is 7.84. The molecule has 0 amide bonds. The lowest BCUT2D eigenvalue weighted by atomic mass is 10.3. The van der Waals surface area contributed by atoms with Crippen LogP contribution in [0.1, 0.15) is 6.92 Å². The molecule has 4 aromatic rings. The summed E-state index contributed by atoms with van der Waals surface area (Å²) >= 11 is 0. The molecule has 0 aliphatic heterocycles. The predicted octanol–water partition coefficient (Wildman–Crippen LogP) is 4.91. The van der Waals surface area contributed by atoms with Gasteiger partial charge in [0.1, 0.15) is 5.75 Å². The maximum absolute atomic E-state index is 13.2. The number of furan rings is 1. The summed E-state index contributed by atoms with van der Waals surface area (Å²) in [5, 5.41) is 2.78. The second-order valence-electron chi connectivity index (χ2n) is 6.03. The van der Waals surface area contributed by atoms with Crippen LogP contribution in [-0.2, 0) is 9.84 Å². The molecule has 29 heavy (non-hydrogen) atoms. The molecule has 0 aliphatic carbocycles. The number of sulfone groups is 1. The smallest absolute Gasteiger partial charge is 0.266 e. The molecule has 8 heteroatoms. The van der Waals surface area contributed by atoms with Crippen LogP contribution in [0.5, 0.6) is 5.75 Å². The zero-order valence-corrected chi connectivity index (χ0v) is 16.3. The van der Waals surface area contributed by atoms with Gasteiger partial charge in [-0.25, -0.2) is 8.42 Å². The first kappa shape index (κ1) is 18.8. The van der Waals surface area contributed by atoms with Gasteiger partial charge in [-0.05, 0) is 55.5 Å². The average Bonchev–Trinajstić information content (AvgIpc) is 3.40. The first-order valence-corrected chi connectivity index (χ1v) is 10.4. The van der Waals surface area contributed by atoms with Gasteiger partial charge in [0.2, 0.25) is 20.7 Å². The Kier molecular flexibility index (Phi) is 5.09. The van der Waals surface area contributed by atoms with Gasteiger partial charge in [0, 0.05) is 5.69 Å². The topological polar surface area (TPSA) is 94.6 Å². The van der Waals surface area contributed by atoms with Crippen molar-refractivity contribution >= 4 is 21.4 Å². The minimum atomic E-state index is -3.91. The Bertz CT molecular complexity index is 1180. The van der Waals surface area contributed by atoms with Crippen LogP contribution in [-0.4, -0.2) is 20.0 Å². The van der Waals surface area contributed by atoms with E-state index in [4.69, 9.17) is 13.6 Å². The van der Waals surface area contributed by atoms with E-state index in [2.05, 4.69) is 10.3 Å². The van der Waals surface area contributed by atoms with E-state index in [1.807, 2.05) is 6.92 Å². The number of ether oxygens (including phenoxy) is 1. The lowest BCUT2D eigenvalue weighted by molar-refractivity contribution is 0.340. The molecule has 0 saturated heterocycles. The van der Waals surface area contributed by atoms with E-state index in [0.29, 0.717) is 23.8 Å². The van der Waals surface area contributed by atoms with Crippen LogP contribution < -0.4 is 10.1 Å². The Morgan fingerprint density at radius 1 is 1.00 bits per heavy atom. The molecule has 0 spiro atoms. The SMILES string of the molecule is CCOc1ccc(Nc2oc(-c3ccco3)nc2S(=O)(=O)c2ccccc2)cc1. The van der Waals surface area contributed by atoms with E-state index in [0.717, 1.165) is 0 Å². The molecule has 0 fully saturated rings.